The fourth-order valence-corrected chi connectivity index (χ4v) is 6.56. The number of likely N-dealkylation sites (tertiary alicyclic amines) is 1. The maximum absolute atomic E-state index is 13.3. The zero-order valence-electron chi connectivity index (χ0n) is 13.8. The minimum atomic E-state index is 0.0340. The zero-order valence-corrected chi connectivity index (χ0v) is 13.8. The molecule has 1 aromatic heterocycles. The van der Waals surface area contributed by atoms with Crippen molar-refractivity contribution in [1.29, 1.82) is 0 Å². The van der Waals surface area contributed by atoms with Crippen LogP contribution < -0.4 is 0 Å². The van der Waals surface area contributed by atoms with Crippen molar-refractivity contribution in [1.82, 2.24) is 14.9 Å². The number of amides is 1. The number of H-pyrrole nitrogens is 1. The largest absolute Gasteiger partial charge is 0.348 e. The highest BCUT2D eigenvalue weighted by Crippen LogP contribution is 2.60. The molecule has 4 bridgehead atoms. The number of nitrogens with zero attached hydrogens (tertiary/aromatic N) is 2. The van der Waals surface area contributed by atoms with Gasteiger partial charge in [-0.3, -0.25) is 4.79 Å². The molecule has 124 valence electrons. The molecule has 0 spiro atoms. The molecule has 4 heteroatoms. The number of hydrogen-bond acceptors (Lipinski definition) is 2. The standard InChI is InChI=1S/C19H27N3O/c23-18(19-10-13-7-14(11-19)9-15(8-13)12-19)22-5-1-16(2-6-22)17-20-3-4-21-17/h3-4,13-16H,1-2,5-12H2,(H,20,21). The van der Waals surface area contributed by atoms with Crippen molar-refractivity contribution in [2.75, 3.05) is 13.1 Å². The van der Waals surface area contributed by atoms with Crippen LogP contribution in [-0.4, -0.2) is 33.9 Å². The predicted octanol–water partition coefficient (Wildman–Crippen LogP) is 3.33. The normalized spacial score (nSPS) is 39.8. The molecule has 0 atom stereocenters. The summed E-state index contributed by atoms with van der Waals surface area (Å²) in [4.78, 5) is 23.2. The van der Waals surface area contributed by atoms with Crippen molar-refractivity contribution in [3.8, 4) is 0 Å². The lowest BCUT2D eigenvalue weighted by molar-refractivity contribution is -0.158. The van der Waals surface area contributed by atoms with E-state index in [0.717, 1.165) is 49.5 Å². The van der Waals surface area contributed by atoms with Gasteiger partial charge in [0.1, 0.15) is 5.82 Å². The highest BCUT2D eigenvalue weighted by molar-refractivity contribution is 5.83. The van der Waals surface area contributed by atoms with Crippen LogP contribution in [0.2, 0.25) is 0 Å². The lowest BCUT2D eigenvalue weighted by Crippen LogP contribution is -2.55. The van der Waals surface area contributed by atoms with Crippen molar-refractivity contribution < 1.29 is 4.79 Å². The molecule has 4 aliphatic carbocycles. The SMILES string of the molecule is O=C(N1CCC(c2ncc[nH]2)CC1)C12CC3CC(CC(C3)C1)C2. The summed E-state index contributed by atoms with van der Waals surface area (Å²) in [5, 5.41) is 0. The Labute approximate surface area is 138 Å². The number of carbonyl (C=O) groups excluding carboxylic acids is 1. The minimum absolute atomic E-state index is 0.0340. The molecule has 5 aliphatic rings. The van der Waals surface area contributed by atoms with E-state index in [-0.39, 0.29) is 5.41 Å². The summed E-state index contributed by atoms with van der Waals surface area (Å²) in [5.41, 5.74) is 0.0340. The number of piperidine rings is 1. The summed E-state index contributed by atoms with van der Waals surface area (Å²) in [5.74, 6) is 4.68. The molecule has 0 radical (unpaired) electrons. The summed E-state index contributed by atoms with van der Waals surface area (Å²) in [6.07, 6.45) is 13.7. The average Bonchev–Trinajstić information content (AvgIpc) is 3.07. The average molecular weight is 313 g/mol. The van der Waals surface area contributed by atoms with Crippen molar-refractivity contribution in [3.63, 3.8) is 0 Å². The summed E-state index contributed by atoms with van der Waals surface area (Å²) in [7, 11) is 0. The third-order valence-electron chi connectivity index (χ3n) is 7.18. The lowest BCUT2D eigenvalue weighted by Gasteiger charge is -2.57. The van der Waals surface area contributed by atoms with E-state index in [1.807, 2.05) is 12.4 Å². The Morgan fingerprint density at radius 1 is 1.09 bits per heavy atom. The van der Waals surface area contributed by atoms with Crippen molar-refractivity contribution in [2.45, 2.75) is 57.3 Å². The molecule has 4 saturated carbocycles. The highest BCUT2D eigenvalue weighted by Gasteiger charge is 2.55. The molecule has 5 fully saturated rings. The summed E-state index contributed by atoms with van der Waals surface area (Å²) < 4.78 is 0. The van der Waals surface area contributed by atoms with Crippen LogP contribution in [0, 0.1) is 23.2 Å². The fourth-order valence-electron chi connectivity index (χ4n) is 6.56. The van der Waals surface area contributed by atoms with Gasteiger partial charge in [0, 0.05) is 31.4 Å². The highest BCUT2D eigenvalue weighted by atomic mass is 16.2. The Hall–Kier alpha value is -1.32. The second-order valence-electron chi connectivity index (χ2n) is 8.74. The van der Waals surface area contributed by atoms with Crippen LogP contribution >= 0.6 is 0 Å². The number of carbonyl (C=O) groups is 1. The lowest BCUT2D eigenvalue weighted by atomic mass is 9.49. The Balaban J connectivity index is 1.29. The first-order chi connectivity index (χ1) is 11.2. The van der Waals surface area contributed by atoms with Gasteiger partial charge in [-0.05, 0) is 69.1 Å². The molecule has 4 nitrogen and oxygen atoms in total. The molecule has 1 N–H and O–H groups in total. The number of imidazole rings is 1. The molecule has 1 aromatic rings. The van der Waals surface area contributed by atoms with Gasteiger partial charge in [0.25, 0.3) is 0 Å². The van der Waals surface area contributed by atoms with E-state index in [4.69, 9.17) is 0 Å². The third-order valence-corrected chi connectivity index (χ3v) is 7.18. The van der Waals surface area contributed by atoms with E-state index < -0.39 is 0 Å². The van der Waals surface area contributed by atoms with E-state index in [2.05, 4.69) is 14.9 Å². The molecular weight excluding hydrogens is 286 g/mol. The van der Waals surface area contributed by atoms with Gasteiger partial charge in [0.05, 0.1) is 5.41 Å². The zero-order chi connectivity index (χ0) is 15.4. The Bertz CT molecular complexity index is 550. The van der Waals surface area contributed by atoms with Crippen molar-refractivity contribution >= 4 is 5.91 Å². The minimum Gasteiger partial charge on any atom is -0.348 e. The molecule has 2 heterocycles. The number of aromatic nitrogens is 2. The Morgan fingerprint density at radius 2 is 1.70 bits per heavy atom. The van der Waals surface area contributed by atoms with E-state index in [0.29, 0.717) is 11.8 Å². The van der Waals surface area contributed by atoms with E-state index in [1.165, 1.54) is 38.5 Å². The Kier molecular flexibility index (Phi) is 3.11. The summed E-state index contributed by atoms with van der Waals surface area (Å²) in [6, 6.07) is 0. The van der Waals surface area contributed by atoms with Crippen LogP contribution in [0.25, 0.3) is 0 Å². The molecule has 6 rings (SSSR count). The van der Waals surface area contributed by atoms with Gasteiger partial charge in [-0.15, -0.1) is 0 Å². The third kappa shape index (κ3) is 2.25. The fraction of sp³-hybridized carbons (Fsp3) is 0.789. The first-order valence-electron chi connectivity index (χ1n) is 9.50. The smallest absolute Gasteiger partial charge is 0.228 e. The molecule has 23 heavy (non-hydrogen) atoms. The quantitative estimate of drug-likeness (QED) is 0.910. The van der Waals surface area contributed by atoms with Crippen LogP contribution in [0.5, 0.6) is 0 Å². The van der Waals surface area contributed by atoms with Gasteiger partial charge in [-0.25, -0.2) is 4.98 Å². The first kappa shape index (κ1) is 14.1. The van der Waals surface area contributed by atoms with Crippen LogP contribution in [0.4, 0.5) is 0 Å². The van der Waals surface area contributed by atoms with Gasteiger partial charge in [0.2, 0.25) is 5.91 Å². The van der Waals surface area contributed by atoms with Crippen LogP contribution in [0.1, 0.15) is 63.1 Å². The number of rotatable bonds is 2. The van der Waals surface area contributed by atoms with Gasteiger partial charge in [-0.1, -0.05) is 0 Å². The Morgan fingerprint density at radius 3 is 2.22 bits per heavy atom. The molecule has 1 aliphatic heterocycles. The number of aromatic amines is 1. The predicted molar refractivity (Wildman–Crippen MR) is 87.7 cm³/mol. The molecule has 0 aromatic carbocycles. The first-order valence-corrected chi connectivity index (χ1v) is 9.50. The summed E-state index contributed by atoms with van der Waals surface area (Å²) >= 11 is 0. The molecule has 1 amide bonds. The van der Waals surface area contributed by atoms with Gasteiger partial charge in [-0.2, -0.15) is 0 Å². The molecule has 0 unspecified atom stereocenters. The van der Waals surface area contributed by atoms with Crippen LogP contribution in [0.3, 0.4) is 0 Å². The monoisotopic (exact) mass is 313 g/mol. The second-order valence-corrected chi connectivity index (χ2v) is 8.74. The number of hydrogen-bond donors (Lipinski definition) is 1. The van der Waals surface area contributed by atoms with E-state index >= 15 is 0 Å². The van der Waals surface area contributed by atoms with Crippen LogP contribution in [0.15, 0.2) is 12.4 Å². The van der Waals surface area contributed by atoms with Crippen molar-refractivity contribution in [2.24, 2.45) is 23.2 Å². The van der Waals surface area contributed by atoms with Crippen molar-refractivity contribution in [3.05, 3.63) is 18.2 Å². The maximum atomic E-state index is 13.3. The molecular formula is C19H27N3O. The van der Waals surface area contributed by atoms with Gasteiger partial charge < -0.3 is 9.88 Å². The van der Waals surface area contributed by atoms with E-state index in [9.17, 15) is 4.79 Å². The number of nitrogens with one attached hydrogen (secondary N) is 1. The summed E-state index contributed by atoms with van der Waals surface area (Å²) in [6.45, 7) is 1.85. The maximum Gasteiger partial charge on any atom is 0.228 e. The molecule has 1 saturated heterocycles. The van der Waals surface area contributed by atoms with Gasteiger partial charge >= 0.3 is 0 Å². The van der Waals surface area contributed by atoms with Crippen LogP contribution in [-0.2, 0) is 4.79 Å². The second kappa shape index (κ2) is 5.09. The topological polar surface area (TPSA) is 49.0 Å². The van der Waals surface area contributed by atoms with Gasteiger partial charge in [0.15, 0.2) is 0 Å². The van der Waals surface area contributed by atoms with E-state index in [1.54, 1.807) is 0 Å².